The van der Waals surface area contributed by atoms with Gasteiger partial charge in [-0.05, 0) is 50.2 Å². The number of aryl methyl sites for hydroxylation is 1. The van der Waals surface area contributed by atoms with Crippen LogP contribution in [0.1, 0.15) is 32.1 Å². The molecule has 146 valence electrons. The maximum absolute atomic E-state index is 13.2. The van der Waals surface area contributed by atoms with Crippen molar-refractivity contribution >= 4 is 22.7 Å². The molecule has 29 heavy (non-hydrogen) atoms. The van der Waals surface area contributed by atoms with Crippen LogP contribution in [0, 0.1) is 19.7 Å². The molecule has 0 bridgehead atoms. The van der Waals surface area contributed by atoms with Crippen LogP contribution in [0.15, 0.2) is 60.8 Å². The molecule has 0 spiro atoms. The number of hydrogen-bond acceptors (Lipinski definition) is 3. The molecule has 2 aromatic carbocycles. The van der Waals surface area contributed by atoms with Crippen LogP contribution in [0.25, 0.3) is 16.6 Å². The quantitative estimate of drug-likeness (QED) is 0.395. The number of ether oxygens (including phenoxy) is 1. The van der Waals surface area contributed by atoms with Gasteiger partial charge in [-0.25, -0.2) is 9.18 Å². The van der Waals surface area contributed by atoms with Gasteiger partial charge in [0.15, 0.2) is 6.61 Å². The average molecular weight is 390 g/mol. The first-order chi connectivity index (χ1) is 14.0. The number of halogens is 1. The van der Waals surface area contributed by atoms with E-state index in [1.807, 2.05) is 35.8 Å². The Morgan fingerprint density at radius 3 is 2.52 bits per heavy atom. The largest absolute Gasteiger partial charge is 0.454 e. The minimum atomic E-state index is -0.570. The first-order valence-corrected chi connectivity index (χ1v) is 9.17. The van der Waals surface area contributed by atoms with Crippen LogP contribution in [0.2, 0.25) is 0 Å². The smallest absolute Gasteiger partial charge is 0.340 e. The Bertz CT molecular complexity index is 1220. The number of Topliss-reactive ketones (excluding diaryl/α,β-unsaturated/α-hetero) is 1. The molecule has 0 saturated heterocycles. The van der Waals surface area contributed by atoms with Crippen molar-refractivity contribution in [1.82, 2.24) is 9.55 Å². The zero-order valence-electron chi connectivity index (χ0n) is 16.0. The summed E-state index contributed by atoms with van der Waals surface area (Å²) >= 11 is 0. The molecule has 0 unspecified atom stereocenters. The lowest BCUT2D eigenvalue weighted by molar-refractivity contribution is 0.0474. The number of benzene rings is 2. The lowest BCUT2D eigenvalue weighted by atomic mass is 10.1. The highest BCUT2D eigenvalue weighted by atomic mass is 19.1. The number of carbonyl (C=O) groups excluding carboxylic acids is 2. The summed E-state index contributed by atoms with van der Waals surface area (Å²) in [6, 6.07) is 15.2. The lowest BCUT2D eigenvalue weighted by Crippen LogP contribution is -2.14. The topological polar surface area (TPSA) is 64.1 Å². The summed E-state index contributed by atoms with van der Waals surface area (Å²) in [5, 5.41) is 0.794. The standard InChI is InChI=1S/C23H19FN2O3/c1-14-11-19(15(2)26(14)17-9-7-16(24)8-10-17)23(28)29-13-22(27)20-12-25-21-6-4-3-5-18(20)21/h3-12,25H,13H2,1-2H3. The van der Waals surface area contributed by atoms with Gasteiger partial charge in [-0.3, -0.25) is 4.79 Å². The third-order valence-electron chi connectivity index (χ3n) is 4.96. The predicted molar refractivity (Wildman–Crippen MR) is 108 cm³/mol. The lowest BCUT2D eigenvalue weighted by Gasteiger charge is -2.10. The Balaban J connectivity index is 1.52. The summed E-state index contributed by atoms with van der Waals surface area (Å²) in [5.41, 5.74) is 3.94. The van der Waals surface area contributed by atoms with Gasteiger partial charge in [0.2, 0.25) is 5.78 Å². The van der Waals surface area contributed by atoms with Gasteiger partial charge in [0.25, 0.3) is 0 Å². The first kappa shape index (κ1) is 18.7. The van der Waals surface area contributed by atoms with Crippen molar-refractivity contribution in [3.8, 4) is 5.69 Å². The second-order valence-corrected chi connectivity index (χ2v) is 6.84. The molecule has 2 heterocycles. The van der Waals surface area contributed by atoms with Crippen LogP contribution in [0.3, 0.4) is 0 Å². The number of H-pyrrole nitrogens is 1. The maximum Gasteiger partial charge on any atom is 0.340 e. The van der Waals surface area contributed by atoms with Crippen molar-refractivity contribution in [3.05, 3.63) is 89.1 Å². The SMILES string of the molecule is Cc1cc(C(=O)OCC(=O)c2c[nH]c3ccccc23)c(C)n1-c1ccc(F)cc1. The minimum Gasteiger partial charge on any atom is -0.454 e. The van der Waals surface area contributed by atoms with Gasteiger partial charge in [-0.1, -0.05) is 18.2 Å². The molecule has 2 aromatic heterocycles. The number of hydrogen-bond donors (Lipinski definition) is 1. The Morgan fingerprint density at radius 1 is 1.03 bits per heavy atom. The molecule has 1 N–H and O–H groups in total. The van der Waals surface area contributed by atoms with E-state index in [0.29, 0.717) is 16.8 Å². The fourth-order valence-corrected chi connectivity index (χ4v) is 3.55. The van der Waals surface area contributed by atoms with Gasteiger partial charge >= 0.3 is 5.97 Å². The number of rotatable bonds is 5. The van der Waals surface area contributed by atoms with E-state index in [-0.39, 0.29) is 18.2 Å². The molecular weight excluding hydrogens is 371 g/mol. The van der Waals surface area contributed by atoms with Gasteiger partial charge < -0.3 is 14.3 Å². The van der Waals surface area contributed by atoms with Crippen LogP contribution in [0.5, 0.6) is 0 Å². The summed E-state index contributed by atoms with van der Waals surface area (Å²) in [6.07, 6.45) is 1.63. The highest BCUT2D eigenvalue weighted by Gasteiger charge is 2.20. The number of esters is 1. The molecule has 4 rings (SSSR count). The Labute approximate surface area is 166 Å². The zero-order chi connectivity index (χ0) is 20.5. The van der Waals surface area contributed by atoms with Gasteiger partial charge in [0.05, 0.1) is 5.56 Å². The second kappa shape index (κ2) is 7.39. The second-order valence-electron chi connectivity index (χ2n) is 6.84. The molecule has 5 nitrogen and oxygen atoms in total. The van der Waals surface area contributed by atoms with E-state index in [9.17, 15) is 14.0 Å². The van der Waals surface area contributed by atoms with Crippen molar-refractivity contribution < 1.29 is 18.7 Å². The molecule has 4 aromatic rings. The summed E-state index contributed by atoms with van der Waals surface area (Å²) in [6.45, 7) is 3.29. The summed E-state index contributed by atoms with van der Waals surface area (Å²) in [7, 11) is 0. The van der Waals surface area contributed by atoms with Crippen LogP contribution >= 0.6 is 0 Å². The fourth-order valence-electron chi connectivity index (χ4n) is 3.55. The van der Waals surface area contributed by atoms with E-state index in [4.69, 9.17) is 4.74 Å². The number of nitrogens with zero attached hydrogens (tertiary/aromatic N) is 1. The number of aromatic nitrogens is 2. The number of para-hydroxylation sites is 1. The Hall–Kier alpha value is -3.67. The van der Waals surface area contributed by atoms with E-state index in [1.165, 1.54) is 12.1 Å². The summed E-state index contributed by atoms with van der Waals surface area (Å²) in [5.74, 6) is -1.17. The van der Waals surface area contributed by atoms with E-state index in [1.54, 1.807) is 31.3 Å². The molecule has 0 fully saturated rings. The average Bonchev–Trinajstić information content (AvgIpc) is 3.28. The number of carbonyl (C=O) groups is 2. The predicted octanol–water partition coefficient (Wildman–Crippen LogP) is 4.75. The molecule has 0 amide bonds. The van der Waals surface area contributed by atoms with Crippen LogP contribution < -0.4 is 0 Å². The third-order valence-corrected chi connectivity index (χ3v) is 4.96. The monoisotopic (exact) mass is 390 g/mol. The number of ketones is 1. The molecule has 0 aliphatic heterocycles. The molecule has 6 heteroatoms. The Morgan fingerprint density at radius 2 is 1.76 bits per heavy atom. The van der Waals surface area contributed by atoms with E-state index < -0.39 is 5.97 Å². The normalized spacial score (nSPS) is 11.0. The molecule has 0 radical (unpaired) electrons. The van der Waals surface area contributed by atoms with Crippen LogP contribution in [-0.2, 0) is 4.74 Å². The van der Waals surface area contributed by atoms with Crippen molar-refractivity contribution in [1.29, 1.82) is 0 Å². The third kappa shape index (κ3) is 3.45. The fraction of sp³-hybridized carbons (Fsp3) is 0.130. The number of fused-ring (bicyclic) bond motifs is 1. The molecular formula is C23H19FN2O3. The van der Waals surface area contributed by atoms with Crippen molar-refractivity contribution in [2.24, 2.45) is 0 Å². The van der Waals surface area contributed by atoms with Crippen molar-refractivity contribution in [3.63, 3.8) is 0 Å². The first-order valence-electron chi connectivity index (χ1n) is 9.17. The van der Waals surface area contributed by atoms with Crippen molar-refractivity contribution in [2.75, 3.05) is 6.61 Å². The van der Waals surface area contributed by atoms with E-state index in [2.05, 4.69) is 4.98 Å². The highest BCUT2D eigenvalue weighted by Crippen LogP contribution is 2.22. The van der Waals surface area contributed by atoms with Gasteiger partial charge in [-0.15, -0.1) is 0 Å². The van der Waals surface area contributed by atoms with E-state index >= 15 is 0 Å². The molecule has 0 atom stereocenters. The van der Waals surface area contributed by atoms with Gasteiger partial charge in [0, 0.05) is 39.7 Å². The van der Waals surface area contributed by atoms with Gasteiger partial charge in [0.1, 0.15) is 5.82 Å². The van der Waals surface area contributed by atoms with E-state index in [0.717, 1.165) is 22.3 Å². The number of aromatic amines is 1. The van der Waals surface area contributed by atoms with Crippen LogP contribution in [0.4, 0.5) is 4.39 Å². The van der Waals surface area contributed by atoms with Gasteiger partial charge in [-0.2, -0.15) is 0 Å². The Kier molecular flexibility index (Phi) is 4.76. The summed E-state index contributed by atoms with van der Waals surface area (Å²) < 4.78 is 20.3. The highest BCUT2D eigenvalue weighted by molar-refractivity contribution is 6.09. The maximum atomic E-state index is 13.2. The van der Waals surface area contributed by atoms with Crippen LogP contribution in [-0.4, -0.2) is 27.9 Å². The number of nitrogens with one attached hydrogen (secondary N) is 1. The summed E-state index contributed by atoms with van der Waals surface area (Å²) in [4.78, 5) is 28.2. The molecule has 0 aliphatic rings. The molecule has 0 aliphatic carbocycles. The van der Waals surface area contributed by atoms with Crippen molar-refractivity contribution in [2.45, 2.75) is 13.8 Å². The minimum absolute atomic E-state index is 0.275. The zero-order valence-corrected chi connectivity index (χ0v) is 16.0. The molecule has 0 saturated carbocycles.